The average Bonchev–Trinajstić information content (AvgIpc) is 3.06. The molecule has 3 aromatic heterocycles. The lowest BCUT2D eigenvalue weighted by Crippen LogP contribution is -2.21. The van der Waals surface area contributed by atoms with E-state index >= 15 is 17.6 Å². The van der Waals surface area contributed by atoms with Crippen LogP contribution in [0.3, 0.4) is 0 Å². The summed E-state index contributed by atoms with van der Waals surface area (Å²) in [5.41, 5.74) is -12.7. The van der Waals surface area contributed by atoms with Crippen molar-refractivity contribution in [2.45, 2.75) is 37.3 Å². The van der Waals surface area contributed by atoms with Gasteiger partial charge >= 0.3 is 30.9 Å². The number of fused-ring (bicyclic) bond motifs is 7. The molecule has 0 bridgehead atoms. The monoisotopic (exact) mass is 1100 g/mol. The highest BCUT2D eigenvalue weighted by Gasteiger charge is 2.39. The topological polar surface area (TPSA) is 51.8 Å². The largest absolute Gasteiger partial charge is 0.416 e. The summed E-state index contributed by atoms with van der Waals surface area (Å²) in [6.45, 7) is 3.75. The smallest absolute Gasteiger partial charge is 0.308 e. The molecule has 22 heteroatoms. The van der Waals surface area contributed by atoms with E-state index in [0.717, 1.165) is 41.0 Å². The molecule has 6 nitrogen and oxygen atoms in total. The first-order valence-electron chi connectivity index (χ1n) is 23.3. The first-order chi connectivity index (χ1) is 37.2. The van der Waals surface area contributed by atoms with Crippen molar-refractivity contribution < 1.29 is 70.2 Å². The van der Waals surface area contributed by atoms with Crippen molar-refractivity contribution in [1.82, 2.24) is 24.1 Å². The molecule has 400 valence electrons. The Morgan fingerprint density at radius 3 is 1.35 bits per heavy atom. The molecule has 0 aliphatic carbocycles. The van der Waals surface area contributed by atoms with Crippen molar-refractivity contribution >= 4 is 55.0 Å². The van der Waals surface area contributed by atoms with E-state index < -0.39 is 127 Å². The number of alkyl halides is 15. The third kappa shape index (κ3) is 9.26. The van der Waals surface area contributed by atoms with Crippen LogP contribution in [0.4, 0.5) is 81.6 Å². The second-order valence-corrected chi connectivity index (χ2v) is 18.2. The van der Waals surface area contributed by atoms with E-state index in [1.165, 1.54) is 0 Å². The van der Waals surface area contributed by atoms with E-state index in [-0.39, 0.29) is 33.4 Å². The van der Waals surface area contributed by atoms with E-state index in [2.05, 4.69) is 21.5 Å². The number of halogens is 16. The number of hydrogen-bond acceptors (Lipinski definition) is 4. The summed E-state index contributed by atoms with van der Waals surface area (Å²) in [4.78, 5) is 14.5. The molecule has 11 rings (SSSR count). The maximum absolute atomic E-state index is 19.4. The second-order valence-electron chi connectivity index (χ2n) is 18.2. The molecule has 1 aliphatic heterocycles. The quantitative estimate of drug-likeness (QED) is 0.161. The molecular formula is C57H30F16N6. The van der Waals surface area contributed by atoms with Crippen molar-refractivity contribution in [3.63, 3.8) is 0 Å². The number of hydrogen-bond donors (Lipinski definition) is 0. The average molecular weight is 1100 g/mol. The SMILES string of the molecule is C=C1/C=C(C(F)(F)F)\C=C/Cc2ccc(C(F)(F)F)cc2N1c1cc2c3ccc(C(F)(F)F)cc3n(-c3nc(-c4ccccc4)nc(-c4ccccc4)n3)c2c(-n2c3cc(C(F)(F)F)ccc3c3ccc(C(F)(F)F)cc32)c1F. The molecule has 0 N–H and O–H groups in total. The van der Waals surface area contributed by atoms with E-state index in [1.807, 2.05) is 0 Å². The fourth-order valence-electron chi connectivity index (χ4n) is 9.72. The van der Waals surface area contributed by atoms with Gasteiger partial charge in [-0.15, -0.1) is 0 Å². The van der Waals surface area contributed by atoms with Crippen LogP contribution in [0.1, 0.15) is 27.8 Å². The zero-order valence-corrected chi connectivity index (χ0v) is 39.7. The van der Waals surface area contributed by atoms with E-state index in [9.17, 15) is 52.7 Å². The highest BCUT2D eigenvalue weighted by molar-refractivity contribution is 6.16. The lowest BCUT2D eigenvalue weighted by molar-refractivity contribution is -0.138. The van der Waals surface area contributed by atoms with Crippen LogP contribution in [0.15, 0.2) is 176 Å². The van der Waals surface area contributed by atoms with Crippen LogP contribution >= 0.6 is 0 Å². The number of benzene rings is 7. The molecule has 0 amide bonds. The molecule has 0 unspecified atom stereocenters. The van der Waals surface area contributed by atoms with Gasteiger partial charge in [-0.1, -0.05) is 104 Å². The molecule has 0 saturated carbocycles. The van der Waals surface area contributed by atoms with Crippen LogP contribution in [-0.4, -0.2) is 30.3 Å². The summed E-state index contributed by atoms with van der Waals surface area (Å²) in [6, 6.07) is 24.8. The molecule has 79 heavy (non-hydrogen) atoms. The van der Waals surface area contributed by atoms with Crippen molar-refractivity contribution in [3.8, 4) is 34.4 Å². The van der Waals surface area contributed by atoms with E-state index in [1.54, 1.807) is 60.7 Å². The van der Waals surface area contributed by atoms with Gasteiger partial charge in [-0.25, -0.2) is 9.37 Å². The Kier molecular flexibility index (Phi) is 12.1. The van der Waals surface area contributed by atoms with Crippen molar-refractivity contribution in [3.05, 3.63) is 209 Å². The second kappa shape index (κ2) is 18.3. The van der Waals surface area contributed by atoms with Gasteiger partial charge in [0.25, 0.3) is 0 Å². The van der Waals surface area contributed by atoms with Crippen molar-refractivity contribution in [2.24, 2.45) is 0 Å². The maximum Gasteiger partial charge on any atom is 0.416 e. The summed E-state index contributed by atoms with van der Waals surface area (Å²) in [5, 5.41) is -1.16. The highest BCUT2D eigenvalue weighted by atomic mass is 19.4. The lowest BCUT2D eigenvalue weighted by atomic mass is 10.0. The number of anilines is 2. The summed E-state index contributed by atoms with van der Waals surface area (Å²) < 4.78 is 244. The molecule has 10 aromatic rings. The molecule has 0 saturated heterocycles. The minimum atomic E-state index is -5.19. The zero-order chi connectivity index (χ0) is 56.3. The maximum atomic E-state index is 19.4. The molecule has 0 spiro atoms. The van der Waals surface area contributed by atoms with Crippen LogP contribution in [0.25, 0.3) is 78.0 Å². The number of rotatable bonds is 5. The molecule has 0 fully saturated rings. The Morgan fingerprint density at radius 2 is 0.886 bits per heavy atom. The van der Waals surface area contributed by atoms with Crippen molar-refractivity contribution in [2.75, 3.05) is 4.90 Å². The van der Waals surface area contributed by atoms with Gasteiger partial charge in [0.1, 0.15) is 5.69 Å². The van der Waals surface area contributed by atoms with Gasteiger partial charge in [-0.3, -0.25) is 4.57 Å². The molecule has 0 atom stereocenters. The first-order valence-corrected chi connectivity index (χ1v) is 23.3. The third-order valence-electron chi connectivity index (χ3n) is 13.3. The fourth-order valence-corrected chi connectivity index (χ4v) is 9.72. The molecule has 7 aromatic carbocycles. The minimum absolute atomic E-state index is 0.141. The lowest BCUT2D eigenvalue weighted by Gasteiger charge is -2.30. The zero-order valence-electron chi connectivity index (χ0n) is 39.7. The van der Waals surface area contributed by atoms with Crippen LogP contribution in [0.5, 0.6) is 0 Å². The number of allylic oxidation sites excluding steroid dienone is 4. The normalized spacial score (nSPS) is 15.1. The van der Waals surface area contributed by atoms with Gasteiger partial charge in [0.15, 0.2) is 17.5 Å². The molecular weight excluding hydrogens is 1070 g/mol. The van der Waals surface area contributed by atoms with Gasteiger partial charge in [-0.05, 0) is 72.7 Å². The first kappa shape index (κ1) is 52.1. The van der Waals surface area contributed by atoms with Gasteiger partial charge in [0, 0.05) is 38.4 Å². The van der Waals surface area contributed by atoms with Crippen LogP contribution in [-0.2, 0) is 31.1 Å². The summed E-state index contributed by atoms with van der Waals surface area (Å²) in [5.74, 6) is -2.63. The Morgan fingerprint density at radius 1 is 0.443 bits per heavy atom. The Labute approximate surface area is 434 Å². The van der Waals surface area contributed by atoms with Gasteiger partial charge < -0.3 is 9.47 Å². The highest BCUT2D eigenvalue weighted by Crippen LogP contribution is 2.50. The summed E-state index contributed by atoms with van der Waals surface area (Å²) in [7, 11) is 0. The Hall–Kier alpha value is -8.95. The van der Waals surface area contributed by atoms with Crippen LogP contribution in [0.2, 0.25) is 0 Å². The predicted molar refractivity (Wildman–Crippen MR) is 264 cm³/mol. The van der Waals surface area contributed by atoms with Crippen LogP contribution < -0.4 is 4.90 Å². The van der Waals surface area contributed by atoms with Crippen molar-refractivity contribution in [1.29, 1.82) is 0 Å². The molecule has 4 heterocycles. The van der Waals surface area contributed by atoms with E-state index in [0.29, 0.717) is 81.3 Å². The molecule has 1 aliphatic rings. The number of nitrogens with zero attached hydrogens (tertiary/aromatic N) is 6. The van der Waals surface area contributed by atoms with E-state index in [4.69, 9.17) is 0 Å². The number of aromatic nitrogens is 5. The standard InChI is InChI=1S/C57H30F16N6/c1-29-23-33(53(59,60)61)14-8-13-30-15-16-34(54(62,63)64)24-42(30)77(29)46-28-41-40-22-19-37(57(71,72)73)27-45(40)79(52-75-50(31-9-4-2-5-10-31)74-51(76-52)32-11-6-3-7-12-32)48(41)49(47(46)58)78-43-25-35(55(65,66)67)17-20-38(43)39-21-18-36(26-44(39)78)56(68,69)70/h2-12,14-28H,1,13H2/b14-8-,33-23+. The van der Waals surface area contributed by atoms with Crippen LogP contribution in [0, 0.1) is 5.82 Å². The van der Waals surface area contributed by atoms with Gasteiger partial charge in [-0.2, -0.15) is 75.8 Å². The van der Waals surface area contributed by atoms with Gasteiger partial charge in [0.2, 0.25) is 5.95 Å². The minimum Gasteiger partial charge on any atom is -0.308 e. The Bertz CT molecular complexity index is 4050. The Balaban J connectivity index is 1.40. The third-order valence-corrected chi connectivity index (χ3v) is 13.3. The summed E-state index contributed by atoms with van der Waals surface area (Å²) in [6.07, 6.45) is -24.4. The molecule has 0 radical (unpaired) electrons. The predicted octanol–water partition coefficient (Wildman–Crippen LogP) is 17.9. The summed E-state index contributed by atoms with van der Waals surface area (Å²) >= 11 is 0. The van der Waals surface area contributed by atoms with Gasteiger partial charge in [0.05, 0.1) is 61.3 Å². The fraction of sp³-hybridized carbons (Fsp3) is 0.105.